The van der Waals surface area contributed by atoms with Gasteiger partial charge in [0.05, 0.1) is 11.6 Å². The van der Waals surface area contributed by atoms with Crippen LogP contribution in [-0.4, -0.2) is 68.5 Å². The number of allylic oxidation sites excluding steroid dienone is 1. The minimum absolute atomic E-state index is 0.0464. The number of aromatic hydroxyl groups is 1. The minimum atomic E-state index is -2.61. The molecule has 9 heteroatoms. The molecule has 4 rings (SSSR count). The summed E-state index contributed by atoms with van der Waals surface area (Å²) in [7, 11) is 3.20. The van der Waals surface area contributed by atoms with Gasteiger partial charge in [-0.1, -0.05) is 13.0 Å². The van der Waals surface area contributed by atoms with Crippen LogP contribution in [0.15, 0.2) is 34.8 Å². The number of fused-ring (bicyclic) bond motifs is 3. The first-order valence-electron chi connectivity index (χ1n) is 10.4. The van der Waals surface area contributed by atoms with Crippen LogP contribution in [0.2, 0.25) is 0 Å². The number of primary amides is 1. The molecule has 1 aromatic carbocycles. The molecule has 9 nitrogen and oxygen atoms in total. The number of hydrogen-bond donors (Lipinski definition) is 5. The third kappa shape index (κ3) is 2.67. The molecule has 6 N–H and O–H groups in total. The van der Waals surface area contributed by atoms with Gasteiger partial charge in [0.15, 0.2) is 11.4 Å². The molecule has 0 bridgehead atoms. The number of rotatable bonds is 3. The number of phenols is 1. The summed E-state index contributed by atoms with van der Waals surface area (Å²) >= 11 is 0. The number of benzene rings is 1. The maximum Gasteiger partial charge on any atom is 0.255 e. The van der Waals surface area contributed by atoms with Crippen molar-refractivity contribution in [1.82, 2.24) is 4.90 Å². The molecule has 0 saturated heterocycles. The van der Waals surface area contributed by atoms with E-state index in [4.69, 9.17) is 5.73 Å². The summed E-state index contributed by atoms with van der Waals surface area (Å²) in [4.78, 5) is 40.0. The Morgan fingerprint density at radius 3 is 2.44 bits per heavy atom. The number of aliphatic hydroxyl groups excluding tert-OH is 2. The number of aryl methyl sites for hydroxylation is 1. The molecule has 0 unspecified atom stereocenters. The lowest BCUT2D eigenvalue weighted by molar-refractivity contribution is -0.148. The average molecular weight is 442 g/mol. The number of carbonyl (C=O) groups is 3. The topological polar surface area (TPSA) is 161 Å². The summed E-state index contributed by atoms with van der Waals surface area (Å²) < 4.78 is 0. The van der Waals surface area contributed by atoms with E-state index in [1.165, 1.54) is 11.0 Å². The van der Waals surface area contributed by atoms with Crippen LogP contribution in [0.3, 0.4) is 0 Å². The Balaban J connectivity index is 1.98. The Labute approximate surface area is 184 Å². The molecule has 0 aliphatic heterocycles. The van der Waals surface area contributed by atoms with Crippen LogP contribution in [0.5, 0.6) is 5.75 Å². The number of hydrogen-bond acceptors (Lipinski definition) is 8. The first-order valence-corrected chi connectivity index (χ1v) is 10.4. The number of carbonyl (C=O) groups excluding carboxylic acids is 3. The molecule has 1 amide bonds. The second-order valence-corrected chi connectivity index (χ2v) is 8.91. The Hall–Kier alpha value is -3.17. The van der Waals surface area contributed by atoms with Crippen molar-refractivity contribution in [1.29, 1.82) is 0 Å². The number of ketones is 2. The van der Waals surface area contributed by atoms with Crippen LogP contribution in [0.1, 0.15) is 34.8 Å². The van der Waals surface area contributed by atoms with E-state index in [2.05, 4.69) is 0 Å². The fraction of sp³-hybridized carbons (Fsp3) is 0.435. The van der Waals surface area contributed by atoms with Crippen LogP contribution in [0.4, 0.5) is 0 Å². The quantitative estimate of drug-likeness (QED) is 0.427. The Bertz CT molecular complexity index is 1130. The number of amides is 1. The van der Waals surface area contributed by atoms with E-state index in [1.54, 1.807) is 20.2 Å². The second kappa shape index (κ2) is 7.18. The molecule has 3 aliphatic carbocycles. The van der Waals surface area contributed by atoms with Gasteiger partial charge in [0, 0.05) is 11.5 Å². The zero-order valence-electron chi connectivity index (χ0n) is 18.0. The SMILES string of the molecule is CCc1ccc(O)c2c1C[C@H]1C[C@H]3[C@@H](N(C)C)C(O)=C(C(N)=O)C(=O)[C@@]3(O)C(O)=C1C2=O. The molecule has 170 valence electrons. The molecule has 0 radical (unpaired) electrons. The molecule has 4 atom stereocenters. The highest BCUT2D eigenvalue weighted by Crippen LogP contribution is 2.52. The predicted molar refractivity (Wildman–Crippen MR) is 113 cm³/mol. The van der Waals surface area contributed by atoms with Crippen molar-refractivity contribution in [3.8, 4) is 5.75 Å². The van der Waals surface area contributed by atoms with E-state index < -0.39 is 58.0 Å². The van der Waals surface area contributed by atoms with Crippen molar-refractivity contribution in [2.45, 2.75) is 37.8 Å². The van der Waals surface area contributed by atoms with Crippen molar-refractivity contribution in [2.24, 2.45) is 17.6 Å². The van der Waals surface area contributed by atoms with Crippen molar-refractivity contribution < 1.29 is 34.8 Å². The van der Waals surface area contributed by atoms with E-state index in [0.29, 0.717) is 18.4 Å². The van der Waals surface area contributed by atoms with Gasteiger partial charge >= 0.3 is 0 Å². The molecule has 0 heterocycles. The second-order valence-electron chi connectivity index (χ2n) is 8.91. The summed E-state index contributed by atoms with van der Waals surface area (Å²) in [5.74, 6) is -6.37. The number of nitrogens with zero attached hydrogens (tertiary/aromatic N) is 1. The molecule has 0 fully saturated rings. The van der Waals surface area contributed by atoms with Gasteiger partial charge in [-0.25, -0.2) is 0 Å². The number of Topliss-reactive ketones (excluding diaryl/α,β-unsaturated/α-hetero) is 2. The van der Waals surface area contributed by atoms with Crippen LogP contribution in [0.25, 0.3) is 0 Å². The predicted octanol–water partition coefficient (Wildman–Crippen LogP) is 0.683. The zero-order chi connectivity index (χ0) is 23.7. The monoisotopic (exact) mass is 442 g/mol. The van der Waals surface area contributed by atoms with Crippen LogP contribution in [0, 0.1) is 11.8 Å². The molecule has 3 aliphatic rings. The van der Waals surface area contributed by atoms with Gasteiger partial charge in [0.1, 0.15) is 22.8 Å². The van der Waals surface area contributed by atoms with Gasteiger partial charge in [0.2, 0.25) is 5.78 Å². The number of likely N-dealkylation sites (N-methyl/N-ethyl adjacent to an activating group) is 1. The summed E-state index contributed by atoms with van der Waals surface area (Å²) in [6.45, 7) is 1.93. The highest BCUT2D eigenvalue weighted by molar-refractivity contribution is 6.24. The highest BCUT2D eigenvalue weighted by atomic mass is 16.3. The summed E-state index contributed by atoms with van der Waals surface area (Å²) in [5.41, 5.74) is 3.34. The van der Waals surface area contributed by atoms with Gasteiger partial charge < -0.3 is 26.2 Å². The largest absolute Gasteiger partial charge is 0.510 e. The van der Waals surface area contributed by atoms with Crippen molar-refractivity contribution in [2.75, 3.05) is 14.1 Å². The first-order chi connectivity index (χ1) is 15.0. The van der Waals surface area contributed by atoms with Gasteiger partial charge in [-0.15, -0.1) is 0 Å². The minimum Gasteiger partial charge on any atom is -0.510 e. The molecular weight excluding hydrogens is 416 g/mol. The summed E-state index contributed by atoms with van der Waals surface area (Å²) in [5, 5.41) is 43.8. The number of aliphatic hydroxyl groups is 3. The van der Waals surface area contributed by atoms with E-state index in [1.807, 2.05) is 6.92 Å². The normalized spacial score (nSPS) is 29.7. The van der Waals surface area contributed by atoms with Gasteiger partial charge in [-0.05, 0) is 56.5 Å². The lowest BCUT2D eigenvalue weighted by Gasteiger charge is -2.50. The van der Waals surface area contributed by atoms with Crippen molar-refractivity contribution in [3.05, 3.63) is 51.5 Å². The van der Waals surface area contributed by atoms with Crippen LogP contribution >= 0.6 is 0 Å². The molecule has 32 heavy (non-hydrogen) atoms. The number of phenolic OH excluding ortho intramolecular Hbond substituents is 1. The summed E-state index contributed by atoms with van der Waals surface area (Å²) in [6, 6.07) is 2.17. The summed E-state index contributed by atoms with van der Waals surface area (Å²) in [6.07, 6.45) is 1.03. The van der Waals surface area contributed by atoms with Crippen LogP contribution in [-0.2, 0) is 22.4 Å². The molecule has 0 spiro atoms. The van der Waals surface area contributed by atoms with Gasteiger partial charge in [-0.2, -0.15) is 0 Å². The maximum absolute atomic E-state index is 13.4. The van der Waals surface area contributed by atoms with Crippen LogP contribution < -0.4 is 5.73 Å². The standard InChI is InChI=1S/C23H26N2O7/c1-4-9-5-6-13(26)15-11(9)7-10-8-12-17(25(2)3)19(28)16(22(24)31)21(30)23(12,32)20(29)14(10)18(15)27/h5-6,10,12,17,26,28-29,32H,4,7-8H2,1-3H3,(H2,24,31)/t10-,12-,17+,23-/m0/s1. The highest BCUT2D eigenvalue weighted by Gasteiger charge is 2.63. The fourth-order valence-corrected chi connectivity index (χ4v) is 5.65. The Morgan fingerprint density at radius 1 is 1.22 bits per heavy atom. The lowest BCUT2D eigenvalue weighted by Crippen LogP contribution is -2.63. The first kappa shape index (κ1) is 22.0. The zero-order valence-corrected chi connectivity index (χ0v) is 18.0. The smallest absolute Gasteiger partial charge is 0.255 e. The van der Waals surface area contributed by atoms with Crippen molar-refractivity contribution >= 4 is 17.5 Å². The van der Waals surface area contributed by atoms with Crippen molar-refractivity contribution in [3.63, 3.8) is 0 Å². The molecule has 0 saturated carbocycles. The Kier molecular flexibility index (Phi) is 4.94. The third-order valence-corrected chi connectivity index (χ3v) is 7.08. The lowest BCUT2D eigenvalue weighted by atomic mass is 9.58. The Morgan fingerprint density at radius 2 is 1.88 bits per heavy atom. The average Bonchev–Trinajstić information content (AvgIpc) is 2.70. The van der Waals surface area contributed by atoms with Gasteiger partial charge in [-0.3, -0.25) is 19.3 Å². The van der Waals surface area contributed by atoms with E-state index in [0.717, 1.165) is 5.56 Å². The van der Waals surface area contributed by atoms with E-state index >= 15 is 0 Å². The maximum atomic E-state index is 13.4. The third-order valence-electron chi connectivity index (χ3n) is 7.08. The molecular formula is C23H26N2O7. The van der Waals surface area contributed by atoms with E-state index in [9.17, 15) is 34.8 Å². The molecule has 1 aromatic rings. The fourth-order valence-electron chi connectivity index (χ4n) is 5.65. The van der Waals surface area contributed by atoms with E-state index in [-0.39, 0.29) is 23.3 Å². The number of nitrogens with two attached hydrogens (primary N) is 1. The molecule has 0 aromatic heterocycles. The van der Waals surface area contributed by atoms with Gasteiger partial charge in [0.25, 0.3) is 5.91 Å².